The van der Waals surface area contributed by atoms with Crippen molar-refractivity contribution in [3.8, 4) is 11.5 Å². The molecule has 4 atom stereocenters. The molecule has 0 aromatic heterocycles. The van der Waals surface area contributed by atoms with Crippen LogP contribution in [0.4, 0.5) is 5.69 Å². The Kier molecular flexibility index (Phi) is 6.61. The fraction of sp³-hybridized carbons (Fsp3) is 0.216. The van der Waals surface area contributed by atoms with E-state index in [2.05, 4.69) is 5.32 Å². The van der Waals surface area contributed by atoms with Crippen molar-refractivity contribution in [3.63, 3.8) is 0 Å². The predicted molar refractivity (Wildman–Crippen MR) is 168 cm³/mol. The van der Waals surface area contributed by atoms with Gasteiger partial charge in [0.25, 0.3) is 0 Å². The third-order valence-electron chi connectivity index (χ3n) is 9.01. The molecule has 0 aliphatic carbocycles. The number of ether oxygens (including phenoxy) is 2. The van der Waals surface area contributed by atoms with Crippen LogP contribution in [0.25, 0.3) is 6.08 Å². The second-order valence-corrected chi connectivity index (χ2v) is 11.7. The standard InChI is InChI=1S/C37H32N2O5/c1-22(2)44-27-18-14-25(15-19-27)34(41)32-31(33(40)24-12-16-26(43-3)17-13-24)37(29-10-6-7-11-30(29)38-36(37)42)35-28-9-5-4-8-23(28)20-21-39(32)35/h4-22,31-32,35H,1-3H3,(H,38,42)/t31-,32-,35-,37+/m1/s1. The average Bonchev–Trinajstić information content (AvgIpc) is 3.52. The summed E-state index contributed by atoms with van der Waals surface area (Å²) in [6, 6.07) is 27.7. The van der Waals surface area contributed by atoms with Crippen LogP contribution in [-0.4, -0.2) is 41.6 Å². The Hall–Kier alpha value is -5.17. The Morgan fingerprint density at radius 3 is 2.16 bits per heavy atom. The first-order chi connectivity index (χ1) is 21.3. The molecule has 220 valence electrons. The molecule has 0 radical (unpaired) electrons. The van der Waals surface area contributed by atoms with Crippen LogP contribution >= 0.6 is 0 Å². The van der Waals surface area contributed by atoms with Gasteiger partial charge in [0.15, 0.2) is 11.6 Å². The number of carbonyl (C=O) groups is 3. The lowest BCUT2D eigenvalue weighted by molar-refractivity contribution is -0.122. The molecule has 1 spiro atoms. The van der Waals surface area contributed by atoms with E-state index in [9.17, 15) is 14.4 Å². The van der Waals surface area contributed by atoms with Crippen molar-refractivity contribution in [2.75, 3.05) is 12.4 Å². The topological polar surface area (TPSA) is 84.9 Å². The maximum Gasteiger partial charge on any atom is 0.238 e. The fourth-order valence-electron chi connectivity index (χ4n) is 7.24. The third-order valence-corrected chi connectivity index (χ3v) is 9.01. The summed E-state index contributed by atoms with van der Waals surface area (Å²) >= 11 is 0. The molecule has 1 amide bonds. The molecule has 3 aliphatic heterocycles. The highest BCUT2D eigenvalue weighted by molar-refractivity contribution is 6.16. The lowest BCUT2D eigenvalue weighted by Crippen LogP contribution is -2.49. The molecular formula is C37H32N2O5. The van der Waals surface area contributed by atoms with Gasteiger partial charge in [0.2, 0.25) is 5.91 Å². The first kappa shape index (κ1) is 27.7. The van der Waals surface area contributed by atoms with Crippen molar-refractivity contribution in [1.29, 1.82) is 0 Å². The van der Waals surface area contributed by atoms with Crippen LogP contribution in [0.3, 0.4) is 0 Å². The van der Waals surface area contributed by atoms with Crippen molar-refractivity contribution < 1.29 is 23.9 Å². The van der Waals surface area contributed by atoms with E-state index in [1.165, 1.54) is 0 Å². The van der Waals surface area contributed by atoms with Gasteiger partial charge in [0.1, 0.15) is 23.0 Å². The summed E-state index contributed by atoms with van der Waals surface area (Å²) in [5, 5.41) is 3.08. The maximum atomic E-state index is 14.9. The molecule has 0 unspecified atom stereocenters. The number of nitrogens with zero attached hydrogens (tertiary/aromatic N) is 1. The van der Waals surface area contributed by atoms with E-state index in [4.69, 9.17) is 9.47 Å². The van der Waals surface area contributed by atoms with Gasteiger partial charge in [-0.25, -0.2) is 0 Å². The van der Waals surface area contributed by atoms with Crippen molar-refractivity contribution >= 4 is 29.2 Å². The highest BCUT2D eigenvalue weighted by Gasteiger charge is 2.70. The minimum Gasteiger partial charge on any atom is -0.497 e. The van der Waals surface area contributed by atoms with Crippen LogP contribution in [0.2, 0.25) is 0 Å². The highest BCUT2D eigenvalue weighted by Crippen LogP contribution is 2.62. The van der Waals surface area contributed by atoms with Crippen molar-refractivity contribution in [2.24, 2.45) is 5.92 Å². The Labute approximate surface area is 256 Å². The van der Waals surface area contributed by atoms with Gasteiger partial charge in [-0.1, -0.05) is 42.5 Å². The molecule has 7 heteroatoms. The van der Waals surface area contributed by atoms with Gasteiger partial charge >= 0.3 is 0 Å². The monoisotopic (exact) mass is 584 g/mol. The maximum absolute atomic E-state index is 14.9. The van der Waals surface area contributed by atoms with Gasteiger partial charge in [-0.2, -0.15) is 0 Å². The van der Waals surface area contributed by atoms with Crippen LogP contribution in [0.15, 0.2) is 103 Å². The zero-order valence-corrected chi connectivity index (χ0v) is 24.7. The molecule has 1 fully saturated rings. The molecule has 7 nitrogen and oxygen atoms in total. The van der Waals surface area contributed by atoms with E-state index >= 15 is 0 Å². The highest BCUT2D eigenvalue weighted by atomic mass is 16.5. The SMILES string of the molecule is COc1ccc(C(=O)[C@H]2[C@H](C(=O)c3ccc(OC(C)C)cc3)N3C=Cc4ccccc4[C@@H]3[C@@]23C(=O)Nc2ccccc23)cc1. The number of ketones is 2. The third kappa shape index (κ3) is 4.07. The number of carbonyl (C=O) groups excluding carboxylic acids is 3. The number of hydrogen-bond donors (Lipinski definition) is 1. The largest absolute Gasteiger partial charge is 0.497 e. The molecule has 44 heavy (non-hydrogen) atoms. The predicted octanol–water partition coefficient (Wildman–Crippen LogP) is 6.46. The lowest BCUT2D eigenvalue weighted by atomic mass is 9.62. The molecule has 4 aromatic carbocycles. The number of para-hydroxylation sites is 1. The van der Waals surface area contributed by atoms with Gasteiger partial charge in [-0.05, 0) is 91.2 Å². The number of methoxy groups -OCH3 is 1. The summed E-state index contributed by atoms with van der Waals surface area (Å²) in [4.78, 5) is 46.1. The molecule has 0 bridgehead atoms. The number of amides is 1. The zero-order valence-electron chi connectivity index (χ0n) is 24.7. The van der Waals surface area contributed by atoms with E-state index in [1.54, 1.807) is 55.6 Å². The van der Waals surface area contributed by atoms with E-state index in [0.29, 0.717) is 33.9 Å². The number of fused-ring (bicyclic) bond motifs is 6. The summed E-state index contributed by atoms with van der Waals surface area (Å²) in [5.41, 5.74) is 2.68. The Balaban J connectivity index is 1.46. The summed E-state index contributed by atoms with van der Waals surface area (Å²) in [5.74, 6) is -0.591. The number of nitrogens with one attached hydrogen (secondary N) is 1. The second-order valence-electron chi connectivity index (χ2n) is 11.7. The zero-order chi connectivity index (χ0) is 30.6. The Morgan fingerprint density at radius 2 is 1.45 bits per heavy atom. The van der Waals surface area contributed by atoms with Crippen molar-refractivity contribution in [2.45, 2.75) is 37.5 Å². The van der Waals surface area contributed by atoms with Gasteiger partial charge in [0, 0.05) is 23.0 Å². The summed E-state index contributed by atoms with van der Waals surface area (Å²) in [6.07, 6.45) is 3.82. The molecule has 0 saturated carbocycles. The van der Waals surface area contributed by atoms with Gasteiger partial charge in [0.05, 0.1) is 25.2 Å². The van der Waals surface area contributed by atoms with E-state index < -0.39 is 23.4 Å². The Bertz CT molecular complexity index is 1810. The number of rotatable bonds is 7. The second kappa shape index (κ2) is 10.5. The number of benzene rings is 4. The Morgan fingerprint density at radius 1 is 0.818 bits per heavy atom. The van der Waals surface area contributed by atoms with E-state index in [1.807, 2.05) is 79.6 Å². The van der Waals surface area contributed by atoms with Crippen molar-refractivity contribution in [1.82, 2.24) is 4.90 Å². The number of anilines is 1. The summed E-state index contributed by atoms with van der Waals surface area (Å²) in [7, 11) is 1.57. The molecule has 3 aliphatic rings. The molecule has 7 rings (SSSR count). The molecule has 1 N–H and O–H groups in total. The first-order valence-corrected chi connectivity index (χ1v) is 14.8. The van der Waals surface area contributed by atoms with E-state index in [0.717, 1.165) is 11.1 Å². The van der Waals surface area contributed by atoms with Gasteiger partial charge in [-0.15, -0.1) is 0 Å². The smallest absolute Gasteiger partial charge is 0.238 e. The quantitative estimate of drug-likeness (QED) is 0.251. The molecule has 3 heterocycles. The van der Waals surface area contributed by atoms with Crippen LogP contribution in [0.5, 0.6) is 11.5 Å². The van der Waals surface area contributed by atoms with Crippen LogP contribution in [0, 0.1) is 5.92 Å². The van der Waals surface area contributed by atoms with Crippen molar-refractivity contribution in [3.05, 3.63) is 131 Å². The summed E-state index contributed by atoms with van der Waals surface area (Å²) < 4.78 is 11.2. The fourth-order valence-corrected chi connectivity index (χ4v) is 7.24. The van der Waals surface area contributed by atoms with E-state index in [-0.39, 0.29) is 23.6 Å². The number of Topliss-reactive ketones (excluding diaryl/α,β-unsaturated/α-hetero) is 2. The van der Waals surface area contributed by atoms with Crippen LogP contribution < -0.4 is 14.8 Å². The first-order valence-electron chi connectivity index (χ1n) is 14.8. The summed E-state index contributed by atoms with van der Waals surface area (Å²) in [6.45, 7) is 3.88. The molecule has 1 saturated heterocycles. The van der Waals surface area contributed by atoms with Crippen LogP contribution in [0.1, 0.15) is 57.3 Å². The van der Waals surface area contributed by atoms with Crippen LogP contribution in [-0.2, 0) is 10.2 Å². The molecular weight excluding hydrogens is 552 g/mol. The minimum absolute atomic E-state index is 0.0157. The van der Waals surface area contributed by atoms with Gasteiger partial charge < -0.3 is 19.7 Å². The number of hydrogen-bond acceptors (Lipinski definition) is 6. The lowest BCUT2D eigenvalue weighted by Gasteiger charge is -2.38. The minimum atomic E-state index is -1.38. The molecule has 4 aromatic rings. The average molecular weight is 585 g/mol. The van der Waals surface area contributed by atoms with Gasteiger partial charge in [-0.3, -0.25) is 14.4 Å². The normalized spacial score (nSPS) is 22.8.